The van der Waals surface area contributed by atoms with Crippen LogP contribution in [0, 0.1) is 0 Å². The van der Waals surface area contributed by atoms with Crippen LogP contribution in [-0.2, 0) is 19.3 Å². The van der Waals surface area contributed by atoms with Gasteiger partial charge < -0.3 is 21.1 Å². The first-order valence-corrected chi connectivity index (χ1v) is 6.62. The summed E-state index contributed by atoms with van der Waals surface area (Å²) in [5.74, 6) is 0.0410. The van der Waals surface area contributed by atoms with E-state index < -0.39 is 0 Å². The van der Waals surface area contributed by atoms with Gasteiger partial charge in [-0.25, -0.2) is 0 Å². The zero-order chi connectivity index (χ0) is 14.5. The smallest absolute Gasteiger partial charge is 0.160 e. The standard InChI is InChI=1S/C16H19NO3/c17-7-6-12-8-13(16(20)15(19)10-12)5-4-11-2-1-3-14(18)9-11/h1-3,8-10,18-20H,4-7,17H2. The minimum absolute atomic E-state index is 0.0778. The zero-order valence-corrected chi connectivity index (χ0v) is 11.2. The van der Waals surface area contributed by atoms with Gasteiger partial charge in [0.2, 0.25) is 0 Å². The largest absolute Gasteiger partial charge is 0.508 e. The molecule has 0 aliphatic carbocycles. The monoisotopic (exact) mass is 273 g/mol. The summed E-state index contributed by atoms with van der Waals surface area (Å²) in [5, 5.41) is 29.0. The van der Waals surface area contributed by atoms with Crippen LogP contribution in [0.3, 0.4) is 0 Å². The molecule has 0 radical (unpaired) electrons. The Morgan fingerprint density at radius 1 is 0.850 bits per heavy atom. The van der Waals surface area contributed by atoms with Gasteiger partial charge in [-0.2, -0.15) is 0 Å². The van der Waals surface area contributed by atoms with Gasteiger partial charge in [-0.15, -0.1) is 0 Å². The van der Waals surface area contributed by atoms with E-state index in [0.717, 1.165) is 11.1 Å². The predicted molar refractivity (Wildman–Crippen MR) is 78.0 cm³/mol. The topological polar surface area (TPSA) is 86.7 Å². The van der Waals surface area contributed by atoms with Gasteiger partial charge in [-0.3, -0.25) is 0 Å². The second kappa shape index (κ2) is 6.30. The molecule has 2 rings (SSSR count). The molecule has 0 aliphatic rings. The third kappa shape index (κ3) is 3.42. The van der Waals surface area contributed by atoms with Crippen molar-refractivity contribution in [1.29, 1.82) is 0 Å². The Kier molecular flexibility index (Phi) is 4.48. The molecule has 0 unspecified atom stereocenters. The SMILES string of the molecule is NCCc1cc(O)c(O)c(CCc2cccc(O)c2)c1. The van der Waals surface area contributed by atoms with Crippen molar-refractivity contribution in [2.45, 2.75) is 19.3 Å². The van der Waals surface area contributed by atoms with Crippen LogP contribution in [0.25, 0.3) is 0 Å². The maximum absolute atomic E-state index is 9.89. The number of hydrogen-bond acceptors (Lipinski definition) is 4. The Hall–Kier alpha value is -2.20. The summed E-state index contributed by atoms with van der Waals surface area (Å²) in [6.45, 7) is 0.496. The molecular formula is C16H19NO3. The molecule has 106 valence electrons. The number of rotatable bonds is 5. The lowest BCUT2D eigenvalue weighted by Crippen LogP contribution is -2.03. The Bertz CT molecular complexity index is 596. The lowest BCUT2D eigenvalue weighted by atomic mass is 10.00. The Morgan fingerprint density at radius 3 is 2.35 bits per heavy atom. The van der Waals surface area contributed by atoms with Crippen molar-refractivity contribution in [1.82, 2.24) is 0 Å². The summed E-state index contributed by atoms with van der Waals surface area (Å²) >= 11 is 0. The second-order valence-electron chi connectivity index (χ2n) is 4.83. The molecule has 0 atom stereocenters. The summed E-state index contributed by atoms with van der Waals surface area (Å²) in [4.78, 5) is 0. The number of phenols is 3. The molecular weight excluding hydrogens is 254 g/mol. The van der Waals surface area contributed by atoms with E-state index in [1.165, 1.54) is 0 Å². The second-order valence-corrected chi connectivity index (χ2v) is 4.83. The van der Waals surface area contributed by atoms with Crippen molar-refractivity contribution < 1.29 is 15.3 Å². The summed E-state index contributed by atoms with van der Waals surface area (Å²) in [6.07, 6.45) is 1.92. The summed E-state index contributed by atoms with van der Waals surface area (Å²) in [7, 11) is 0. The quantitative estimate of drug-likeness (QED) is 0.628. The van der Waals surface area contributed by atoms with Crippen molar-refractivity contribution in [3.8, 4) is 17.2 Å². The van der Waals surface area contributed by atoms with Crippen LogP contribution in [0.15, 0.2) is 36.4 Å². The Balaban J connectivity index is 2.16. The minimum Gasteiger partial charge on any atom is -0.508 e. The lowest BCUT2D eigenvalue weighted by molar-refractivity contribution is 0.398. The summed E-state index contributed by atoms with van der Waals surface area (Å²) in [5.41, 5.74) is 8.09. The molecule has 0 aliphatic heterocycles. The van der Waals surface area contributed by atoms with Crippen LogP contribution in [0.5, 0.6) is 17.2 Å². The van der Waals surface area contributed by atoms with Gasteiger partial charge >= 0.3 is 0 Å². The van der Waals surface area contributed by atoms with E-state index in [0.29, 0.717) is 31.4 Å². The summed E-state index contributed by atoms with van der Waals surface area (Å²) < 4.78 is 0. The van der Waals surface area contributed by atoms with Gasteiger partial charge in [0, 0.05) is 0 Å². The highest BCUT2D eigenvalue weighted by Gasteiger charge is 2.09. The maximum Gasteiger partial charge on any atom is 0.160 e. The van der Waals surface area contributed by atoms with Crippen LogP contribution >= 0.6 is 0 Å². The van der Waals surface area contributed by atoms with Crippen molar-refractivity contribution in [2.24, 2.45) is 5.73 Å². The number of aryl methyl sites for hydroxylation is 2. The number of benzene rings is 2. The average molecular weight is 273 g/mol. The maximum atomic E-state index is 9.89. The van der Waals surface area contributed by atoms with Gasteiger partial charge in [0.1, 0.15) is 5.75 Å². The van der Waals surface area contributed by atoms with E-state index in [1.54, 1.807) is 24.3 Å². The molecule has 0 bridgehead atoms. The highest BCUT2D eigenvalue weighted by molar-refractivity contribution is 5.48. The van der Waals surface area contributed by atoms with Gasteiger partial charge in [0.15, 0.2) is 11.5 Å². The van der Waals surface area contributed by atoms with Crippen LogP contribution < -0.4 is 5.73 Å². The zero-order valence-electron chi connectivity index (χ0n) is 11.2. The van der Waals surface area contributed by atoms with Crippen LogP contribution in [0.1, 0.15) is 16.7 Å². The van der Waals surface area contributed by atoms with Gasteiger partial charge in [0.05, 0.1) is 0 Å². The fraction of sp³-hybridized carbons (Fsp3) is 0.250. The Morgan fingerprint density at radius 2 is 1.65 bits per heavy atom. The average Bonchev–Trinajstić information content (AvgIpc) is 2.41. The van der Waals surface area contributed by atoms with E-state index in [2.05, 4.69) is 0 Å². The van der Waals surface area contributed by atoms with E-state index in [1.807, 2.05) is 12.1 Å². The molecule has 0 heterocycles. The highest BCUT2D eigenvalue weighted by Crippen LogP contribution is 2.31. The first kappa shape index (κ1) is 14.2. The van der Waals surface area contributed by atoms with E-state index in [9.17, 15) is 15.3 Å². The fourth-order valence-electron chi connectivity index (χ4n) is 2.23. The number of nitrogens with two attached hydrogens (primary N) is 1. The fourth-order valence-corrected chi connectivity index (χ4v) is 2.23. The minimum atomic E-state index is -0.109. The van der Waals surface area contributed by atoms with Crippen molar-refractivity contribution >= 4 is 0 Å². The highest BCUT2D eigenvalue weighted by atomic mass is 16.3. The van der Waals surface area contributed by atoms with E-state index >= 15 is 0 Å². The number of hydrogen-bond donors (Lipinski definition) is 4. The van der Waals surface area contributed by atoms with Crippen molar-refractivity contribution in [2.75, 3.05) is 6.54 Å². The molecule has 0 fully saturated rings. The molecule has 5 N–H and O–H groups in total. The van der Waals surface area contributed by atoms with Crippen LogP contribution in [0.2, 0.25) is 0 Å². The van der Waals surface area contributed by atoms with Crippen molar-refractivity contribution in [3.63, 3.8) is 0 Å². The van der Waals surface area contributed by atoms with Gasteiger partial charge in [-0.05, 0) is 60.7 Å². The first-order chi connectivity index (χ1) is 9.60. The normalized spacial score (nSPS) is 10.7. The first-order valence-electron chi connectivity index (χ1n) is 6.62. The number of aromatic hydroxyl groups is 3. The van der Waals surface area contributed by atoms with Crippen LogP contribution in [0.4, 0.5) is 0 Å². The third-order valence-corrected chi connectivity index (χ3v) is 3.26. The molecule has 20 heavy (non-hydrogen) atoms. The summed E-state index contributed by atoms with van der Waals surface area (Å²) in [6, 6.07) is 10.4. The lowest BCUT2D eigenvalue weighted by Gasteiger charge is -2.10. The van der Waals surface area contributed by atoms with Crippen LogP contribution in [-0.4, -0.2) is 21.9 Å². The molecule has 0 saturated heterocycles. The molecule has 2 aromatic rings. The third-order valence-electron chi connectivity index (χ3n) is 3.26. The number of phenolic OH excluding ortho intramolecular Hbond substituents is 3. The molecule has 0 amide bonds. The molecule has 0 spiro atoms. The molecule has 0 saturated carbocycles. The predicted octanol–water partition coefficient (Wildman–Crippen LogP) is 2.09. The van der Waals surface area contributed by atoms with E-state index in [4.69, 9.17) is 5.73 Å². The van der Waals surface area contributed by atoms with Gasteiger partial charge in [-0.1, -0.05) is 18.2 Å². The molecule has 4 nitrogen and oxygen atoms in total. The van der Waals surface area contributed by atoms with Gasteiger partial charge in [0.25, 0.3) is 0 Å². The van der Waals surface area contributed by atoms with E-state index in [-0.39, 0.29) is 17.2 Å². The molecule has 2 aromatic carbocycles. The Labute approximate surface area is 118 Å². The molecule has 4 heteroatoms. The van der Waals surface area contributed by atoms with Crippen molar-refractivity contribution in [3.05, 3.63) is 53.1 Å². The molecule has 0 aromatic heterocycles.